The van der Waals surface area contributed by atoms with Crippen LogP contribution in [0.2, 0.25) is 0 Å². The first kappa shape index (κ1) is 15.4. The van der Waals surface area contributed by atoms with Crippen molar-refractivity contribution in [2.75, 3.05) is 19.7 Å². The van der Waals surface area contributed by atoms with Gasteiger partial charge in [-0.3, -0.25) is 4.79 Å². The van der Waals surface area contributed by atoms with Gasteiger partial charge in [0, 0.05) is 12.6 Å². The number of carbonyl (C=O) groups excluding carboxylic acids is 1. The van der Waals surface area contributed by atoms with E-state index in [0.29, 0.717) is 6.04 Å². The Labute approximate surface area is 111 Å². The van der Waals surface area contributed by atoms with Crippen LogP contribution in [0.1, 0.15) is 52.4 Å². The summed E-state index contributed by atoms with van der Waals surface area (Å²) in [5, 5.41) is 6.38. The topological polar surface area (TPSA) is 50.4 Å². The number of ether oxygens (including phenoxy) is 1. The van der Waals surface area contributed by atoms with Crippen LogP contribution in [0.4, 0.5) is 0 Å². The molecule has 1 aliphatic carbocycles. The zero-order chi connectivity index (χ0) is 13.2. The van der Waals surface area contributed by atoms with E-state index in [1.165, 1.54) is 19.3 Å². The molecule has 1 rings (SSSR count). The fourth-order valence-electron chi connectivity index (χ4n) is 2.29. The largest absolute Gasteiger partial charge is 0.368 e. The molecule has 0 aromatic rings. The van der Waals surface area contributed by atoms with E-state index in [9.17, 15) is 4.79 Å². The molecule has 2 N–H and O–H groups in total. The van der Waals surface area contributed by atoms with Gasteiger partial charge in [-0.1, -0.05) is 13.8 Å². The van der Waals surface area contributed by atoms with Gasteiger partial charge in [0.1, 0.15) is 6.61 Å². The Morgan fingerprint density at radius 2 is 1.78 bits per heavy atom. The summed E-state index contributed by atoms with van der Waals surface area (Å²) < 4.78 is 5.65. The number of carbonyl (C=O) groups is 1. The number of nitrogens with one attached hydrogen (secondary N) is 2. The van der Waals surface area contributed by atoms with Crippen molar-refractivity contribution >= 4 is 5.91 Å². The van der Waals surface area contributed by atoms with Crippen molar-refractivity contribution in [1.82, 2.24) is 10.6 Å². The third kappa shape index (κ3) is 6.36. The third-order valence-electron chi connectivity index (χ3n) is 3.38. The highest BCUT2D eigenvalue weighted by Gasteiger charge is 2.21. The highest BCUT2D eigenvalue weighted by Crippen LogP contribution is 2.21. The molecule has 0 aromatic heterocycles. The monoisotopic (exact) mass is 256 g/mol. The summed E-state index contributed by atoms with van der Waals surface area (Å²) in [6, 6.07) is 0.652. The Morgan fingerprint density at radius 3 is 2.39 bits per heavy atom. The molecular formula is C14H28N2O2. The molecule has 1 fully saturated rings. The zero-order valence-electron chi connectivity index (χ0n) is 11.8. The summed E-state index contributed by atoms with van der Waals surface area (Å²) in [6.07, 6.45) is 6.92. The van der Waals surface area contributed by atoms with E-state index in [4.69, 9.17) is 4.74 Å². The molecule has 0 unspecified atom stereocenters. The van der Waals surface area contributed by atoms with Gasteiger partial charge in [-0.05, 0) is 45.1 Å². The molecule has 1 amide bonds. The minimum absolute atomic E-state index is 0.0167. The Kier molecular flexibility index (Phi) is 8.01. The molecule has 1 saturated carbocycles. The van der Waals surface area contributed by atoms with E-state index in [-0.39, 0.29) is 18.6 Å². The maximum Gasteiger partial charge on any atom is 0.246 e. The first-order valence-electron chi connectivity index (χ1n) is 7.38. The second-order valence-corrected chi connectivity index (χ2v) is 5.09. The van der Waals surface area contributed by atoms with Crippen LogP contribution < -0.4 is 10.6 Å². The Morgan fingerprint density at radius 1 is 1.11 bits per heavy atom. The van der Waals surface area contributed by atoms with Gasteiger partial charge < -0.3 is 15.4 Å². The second-order valence-electron chi connectivity index (χ2n) is 5.09. The lowest BCUT2D eigenvalue weighted by atomic mass is 9.93. The predicted octanol–water partition coefficient (Wildman–Crippen LogP) is 1.84. The maximum atomic E-state index is 11.4. The normalized spacial score (nSPS) is 23.9. The highest BCUT2D eigenvalue weighted by atomic mass is 16.5. The van der Waals surface area contributed by atoms with E-state index in [0.717, 1.165) is 32.4 Å². The lowest BCUT2D eigenvalue weighted by molar-refractivity contribution is -0.128. The predicted molar refractivity (Wildman–Crippen MR) is 73.6 cm³/mol. The molecule has 18 heavy (non-hydrogen) atoms. The molecule has 0 radical (unpaired) electrons. The molecule has 106 valence electrons. The van der Waals surface area contributed by atoms with E-state index >= 15 is 0 Å². The lowest BCUT2D eigenvalue weighted by Crippen LogP contribution is -2.37. The van der Waals surface area contributed by atoms with Gasteiger partial charge >= 0.3 is 0 Å². The summed E-state index contributed by atoms with van der Waals surface area (Å²) in [4.78, 5) is 11.4. The average molecular weight is 256 g/mol. The van der Waals surface area contributed by atoms with E-state index in [1.54, 1.807) is 0 Å². The summed E-state index contributed by atoms with van der Waals surface area (Å²) >= 11 is 0. The van der Waals surface area contributed by atoms with E-state index in [2.05, 4.69) is 17.6 Å². The van der Waals surface area contributed by atoms with Crippen molar-refractivity contribution in [1.29, 1.82) is 0 Å². The fourth-order valence-corrected chi connectivity index (χ4v) is 2.29. The summed E-state index contributed by atoms with van der Waals surface area (Å²) in [7, 11) is 0. The van der Waals surface area contributed by atoms with Gasteiger partial charge in [-0.25, -0.2) is 0 Å². The first-order chi connectivity index (χ1) is 8.76. The third-order valence-corrected chi connectivity index (χ3v) is 3.38. The Bertz CT molecular complexity index is 226. The molecule has 4 nitrogen and oxygen atoms in total. The van der Waals surface area contributed by atoms with Crippen molar-refractivity contribution in [2.45, 2.75) is 64.5 Å². The molecule has 0 spiro atoms. The van der Waals surface area contributed by atoms with Crippen LogP contribution in [-0.4, -0.2) is 37.7 Å². The van der Waals surface area contributed by atoms with Gasteiger partial charge in [0.15, 0.2) is 0 Å². The summed E-state index contributed by atoms with van der Waals surface area (Å²) in [5.74, 6) is 0.0167. The van der Waals surface area contributed by atoms with Crippen molar-refractivity contribution in [3.63, 3.8) is 0 Å². The molecule has 0 aromatic carbocycles. The van der Waals surface area contributed by atoms with Crippen molar-refractivity contribution in [3.05, 3.63) is 0 Å². The van der Waals surface area contributed by atoms with Crippen molar-refractivity contribution < 1.29 is 9.53 Å². The van der Waals surface area contributed by atoms with E-state index in [1.807, 2.05) is 6.92 Å². The van der Waals surface area contributed by atoms with Crippen LogP contribution in [0.15, 0.2) is 0 Å². The minimum atomic E-state index is 0.0167. The molecule has 1 aliphatic rings. The van der Waals surface area contributed by atoms with Gasteiger partial charge in [0.05, 0.1) is 6.10 Å². The minimum Gasteiger partial charge on any atom is -0.368 e. The van der Waals surface area contributed by atoms with Crippen LogP contribution in [0.5, 0.6) is 0 Å². The van der Waals surface area contributed by atoms with Crippen LogP contribution in [0.25, 0.3) is 0 Å². The highest BCUT2D eigenvalue weighted by molar-refractivity contribution is 5.77. The van der Waals surface area contributed by atoms with Gasteiger partial charge in [-0.2, -0.15) is 0 Å². The van der Waals surface area contributed by atoms with Crippen LogP contribution in [0, 0.1) is 0 Å². The van der Waals surface area contributed by atoms with Crippen molar-refractivity contribution in [3.8, 4) is 0 Å². The first-order valence-corrected chi connectivity index (χ1v) is 7.38. The summed E-state index contributed by atoms with van der Waals surface area (Å²) in [5.41, 5.74) is 0. The molecule has 0 atom stereocenters. The number of hydrogen-bond acceptors (Lipinski definition) is 3. The van der Waals surface area contributed by atoms with Crippen LogP contribution in [0.3, 0.4) is 0 Å². The standard InChI is InChI=1S/C14H28N2O2/c1-3-9-15-12-5-7-13(8-6-12)18-11-14(17)16-10-4-2/h12-13,15H,3-11H2,1-2H3,(H,16,17). The molecule has 0 heterocycles. The summed E-state index contributed by atoms with van der Waals surface area (Å²) in [6.45, 7) is 6.31. The number of amides is 1. The van der Waals surface area contributed by atoms with Gasteiger partial charge in [0.25, 0.3) is 0 Å². The second kappa shape index (κ2) is 9.34. The molecule has 0 aliphatic heterocycles. The zero-order valence-corrected chi connectivity index (χ0v) is 11.8. The molecule has 0 saturated heterocycles. The van der Waals surface area contributed by atoms with E-state index < -0.39 is 0 Å². The maximum absolute atomic E-state index is 11.4. The molecule has 0 bridgehead atoms. The lowest BCUT2D eigenvalue weighted by Gasteiger charge is -2.29. The fraction of sp³-hybridized carbons (Fsp3) is 0.929. The van der Waals surface area contributed by atoms with Crippen LogP contribution in [-0.2, 0) is 9.53 Å². The van der Waals surface area contributed by atoms with Crippen molar-refractivity contribution in [2.24, 2.45) is 0 Å². The Balaban J connectivity index is 2.06. The molecular weight excluding hydrogens is 228 g/mol. The molecule has 4 heteroatoms. The van der Waals surface area contributed by atoms with Gasteiger partial charge in [0.2, 0.25) is 5.91 Å². The SMILES string of the molecule is CCCNC(=O)COC1CCC(NCCC)CC1. The number of hydrogen-bond donors (Lipinski definition) is 2. The Hall–Kier alpha value is -0.610. The van der Waals surface area contributed by atoms with Crippen LogP contribution >= 0.6 is 0 Å². The number of rotatable bonds is 8. The average Bonchev–Trinajstić information content (AvgIpc) is 2.41. The quantitative estimate of drug-likeness (QED) is 0.697. The smallest absolute Gasteiger partial charge is 0.246 e. The van der Waals surface area contributed by atoms with Gasteiger partial charge in [-0.15, -0.1) is 0 Å².